The first-order chi connectivity index (χ1) is 11.6. The summed E-state index contributed by atoms with van der Waals surface area (Å²) >= 11 is 6.40. The molecule has 2 rings (SSSR count). The Kier molecular flexibility index (Phi) is 5.99. The third-order valence-electron chi connectivity index (χ3n) is 4.12. The minimum Gasteiger partial charge on any atom is -0.466 e. The van der Waals surface area contributed by atoms with Gasteiger partial charge in [0.2, 0.25) is 0 Å². The lowest BCUT2D eigenvalue weighted by atomic mass is 9.88. The summed E-state index contributed by atoms with van der Waals surface area (Å²) in [7, 11) is 0. The second-order valence-electron chi connectivity index (χ2n) is 7.38. The number of esters is 1. The van der Waals surface area contributed by atoms with Crippen LogP contribution in [-0.2, 0) is 14.3 Å². The van der Waals surface area contributed by atoms with Crippen molar-refractivity contribution < 1.29 is 19.1 Å². The van der Waals surface area contributed by atoms with Crippen molar-refractivity contribution in [2.75, 3.05) is 19.7 Å². The Labute approximate surface area is 154 Å². The van der Waals surface area contributed by atoms with Gasteiger partial charge in [-0.15, -0.1) is 0 Å². The molecule has 0 radical (unpaired) electrons. The topological polar surface area (TPSA) is 55.8 Å². The largest absolute Gasteiger partial charge is 0.466 e. The third kappa shape index (κ3) is 4.88. The lowest BCUT2D eigenvalue weighted by Gasteiger charge is -2.24. The Bertz CT molecular complexity index is 653. The molecule has 0 spiro atoms. The number of ether oxygens (including phenoxy) is 2. The molecule has 1 aromatic rings. The van der Waals surface area contributed by atoms with E-state index in [1.54, 1.807) is 11.8 Å². The van der Waals surface area contributed by atoms with Crippen LogP contribution in [0.2, 0.25) is 5.02 Å². The molecule has 0 bridgehead atoms. The predicted molar refractivity (Wildman–Crippen MR) is 96.9 cm³/mol. The van der Waals surface area contributed by atoms with Crippen LogP contribution in [0.3, 0.4) is 0 Å². The summed E-state index contributed by atoms with van der Waals surface area (Å²) < 4.78 is 10.7. The van der Waals surface area contributed by atoms with Gasteiger partial charge in [-0.2, -0.15) is 0 Å². The van der Waals surface area contributed by atoms with Crippen molar-refractivity contribution >= 4 is 23.7 Å². The quantitative estimate of drug-likeness (QED) is 0.752. The second kappa shape index (κ2) is 7.65. The van der Waals surface area contributed by atoms with Gasteiger partial charge in [-0.3, -0.25) is 4.79 Å². The number of benzene rings is 1. The van der Waals surface area contributed by atoms with Gasteiger partial charge in [-0.1, -0.05) is 23.7 Å². The molecular weight excluding hydrogens is 342 g/mol. The fourth-order valence-electron chi connectivity index (χ4n) is 3.02. The van der Waals surface area contributed by atoms with Crippen LogP contribution in [0.5, 0.6) is 0 Å². The Balaban J connectivity index is 2.28. The molecule has 0 aromatic heterocycles. The van der Waals surface area contributed by atoms with Crippen LogP contribution in [0, 0.1) is 12.8 Å². The molecule has 0 aliphatic carbocycles. The third-order valence-corrected chi connectivity index (χ3v) is 4.44. The van der Waals surface area contributed by atoms with E-state index < -0.39 is 17.6 Å². The fraction of sp³-hybridized carbons (Fsp3) is 0.579. The van der Waals surface area contributed by atoms with E-state index in [1.165, 1.54) is 0 Å². The minimum atomic E-state index is -0.587. The van der Waals surface area contributed by atoms with Gasteiger partial charge in [0.05, 0.1) is 12.5 Å². The van der Waals surface area contributed by atoms with Gasteiger partial charge >= 0.3 is 12.1 Å². The number of rotatable bonds is 3. The van der Waals surface area contributed by atoms with E-state index in [2.05, 4.69) is 0 Å². The molecule has 1 aliphatic rings. The highest BCUT2D eigenvalue weighted by Gasteiger charge is 2.43. The van der Waals surface area contributed by atoms with E-state index in [4.69, 9.17) is 21.1 Å². The number of halogens is 1. The van der Waals surface area contributed by atoms with Crippen LogP contribution in [0.15, 0.2) is 18.2 Å². The van der Waals surface area contributed by atoms with Gasteiger partial charge in [0.25, 0.3) is 0 Å². The van der Waals surface area contributed by atoms with Gasteiger partial charge < -0.3 is 14.4 Å². The van der Waals surface area contributed by atoms with Gasteiger partial charge in [0, 0.05) is 24.0 Å². The van der Waals surface area contributed by atoms with Crippen molar-refractivity contribution in [1.29, 1.82) is 0 Å². The molecule has 1 fully saturated rings. The number of carbonyl (C=O) groups excluding carboxylic acids is 2. The first-order valence-corrected chi connectivity index (χ1v) is 8.90. The highest BCUT2D eigenvalue weighted by molar-refractivity contribution is 6.31. The molecule has 0 N–H and O–H groups in total. The molecule has 0 saturated carbocycles. The van der Waals surface area contributed by atoms with E-state index in [9.17, 15) is 9.59 Å². The molecular formula is C19H26ClNO4. The van der Waals surface area contributed by atoms with Gasteiger partial charge in [-0.05, 0) is 51.8 Å². The zero-order valence-corrected chi connectivity index (χ0v) is 16.2. The van der Waals surface area contributed by atoms with Crippen LogP contribution >= 0.6 is 11.6 Å². The molecule has 6 heteroatoms. The van der Waals surface area contributed by atoms with E-state index in [0.29, 0.717) is 18.2 Å². The van der Waals surface area contributed by atoms with Gasteiger partial charge in [0.1, 0.15) is 5.60 Å². The van der Waals surface area contributed by atoms with Crippen molar-refractivity contribution in [3.63, 3.8) is 0 Å². The molecule has 5 nitrogen and oxygen atoms in total. The Hall–Kier alpha value is -1.75. The molecule has 1 amide bonds. The second-order valence-corrected chi connectivity index (χ2v) is 7.78. The average molecular weight is 368 g/mol. The molecule has 2 unspecified atom stereocenters. The summed E-state index contributed by atoms with van der Waals surface area (Å²) in [5, 5.41) is 0.602. The zero-order chi connectivity index (χ0) is 18.8. The molecule has 25 heavy (non-hydrogen) atoms. The van der Waals surface area contributed by atoms with E-state index in [0.717, 1.165) is 11.1 Å². The van der Waals surface area contributed by atoms with Crippen molar-refractivity contribution in [3.05, 3.63) is 34.3 Å². The SMILES string of the molecule is CCOC(=O)C1CN(C(=O)OC(C)(C)C)CC1c1ccc(C)cc1Cl. The maximum atomic E-state index is 12.4. The van der Waals surface area contributed by atoms with Crippen LogP contribution in [0.4, 0.5) is 4.79 Å². The summed E-state index contributed by atoms with van der Waals surface area (Å²) in [6, 6.07) is 5.75. The van der Waals surface area contributed by atoms with Crippen molar-refractivity contribution in [2.24, 2.45) is 5.92 Å². The molecule has 1 heterocycles. The lowest BCUT2D eigenvalue weighted by Crippen LogP contribution is -2.36. The number of aryl methyl sites for hydroxylation is 1. The molecule has 1 aliphatic heterocycles. The Morgan fingerprint density at radius 3 is 2.52 bits per heavy atom. The summed E-state index contributed by atoms with van der Waals surface area (Å²) in [5.41, 5.74) is 1.32. The molecule has 138 valence electrons. The number of amides is 1. The number of hydrogen-bond donors (Lipinski definition) is 0. The first-order valence-electron chi connectivity index (χ1n) is 8.53. The maximum Gasteiger partial charge on any atom is 0.410 e. The normalized spacial score (nSPS) is 20.5. The zero-order valence-electron chi connectivity index (χ0n) is 15.5. The van der Waals surface area contributed by atoms with Crippen LogP contribution in [0.1, 0.15) is 44.7 Å². The van der Waals surface area contributed by atoms with E-state index in [-0.39, 0.29) is 18.4 Å². The van der Waals surface area contributed by atoms with Gasteiger partial charge in [-0.25, -0.2) is 4.79 Å². The maximum absolute atomic E-state index is 12.4. The first kappa shape index (κ1) is 19.6. The number of carbonyl (C=O) groups is 2. The van der Waals surface area contributed by atoms with Crippen molar-refractivity contribution in [3.8, 4) is 0 Å². The van der Waals surface area contributed by atoms with Crippen LogP contribution in [0.25, 0.3) is 0 Å². The fourth-order valence-corrected chi connectivity index (χ4v) is 3.39. The van der Waals surface area contributed by atoms with Crippen LogP contribution in [-0.4, -0.2) is 42.3 Å². The summed E-state index contributed by atoms with van der Waals surface area (Å²) in [6.07, 6.45) is -0.424. The Morgan fingerprint density at radius 2 is 1.96 bits per heavy atom. The highest BCUT2D eigenvalue weighted by atomic mass is 35.5. The van der Waals surface area contributed by atoms with E-state index >= 15 is 0 Å². The molecule has 2 atom stereocenters. The monoisotopic (exact) mass is 367 g/mol. The van der Waals surface area contributed by atoms with Crippen molar-refractivity contribution in [2.45, 2.75) is 46.1 Å². The number of nitrogens with zero attached hydrogens (tertiary/aromatic N) is 1. The summed E-state index contributed by atoms with van der Waals surface area (Å²) in [6.45, 7) is 10.1. The van der Waals surface area contributed by atoms with E-state index in [1.807, 2.05) is 45.9 Å². The van der Waals surface area contributed by atoms with Crippen LogP contribution < -0.4 is 0 Å². The molecule has 1 aromatic carbocycles. The smallest absolute Gasteiger partial charge is 0.410 e. The number of likely N-dealkylation sites (tertiary alicyclic amines) is 1. The highest BCUT2D eigenvalue weighted by Crippen LogP contribution is 2.38. The standard InChI is InChI=1S/C19H26ClNO4/c1-6-24-17(22)15-11-21(18(23)25-19(3,4)5)10-14(15)13-8-7-12(2)9-16(13)20/h7-9,14-15H,6,10-11H2,1-5H3. The van der Waals surface area contributed by atoms with Gasteiger partial charge in [0.15, 0.2) is 0 Å². The number of hydrogen-bond acceptors (Lipinski definition) is 4. The lowest BCUT2D eigenvalue weighted by molar-refractivity contribution is -0.147. The summed E-state index contributed by atoms with van der Waals surface area (Å²) in [4.78, 5) is 26.4. The molecule has 1 saturated heterocycles. The average Bonchev–Trinajstić information content (AvgIpc) is 2.91. The Morgan fingerprint density at radius 1 is 1.28 bits per heavy atom. The van der Waals surface area contributed by atoms with Crippen molar-refractivity contribution in [1.82, 2.24) is 4.90 Å². The summed E-state index contributed by atoms with van der Waals surface area (Å²) in [5.74, 6) is -0.970. The predicted octanol–water partition coefficient (Wildman–Crippen LogP) is 4.16. The minimum absolute atomic E-state index is 0.209.